The molecule has 0 fully saturated rings. The summed E-state index contributed by atoms with van der Waals surface area (Å²) in [6, 6.07) is 2.00. The number of aliphatic carboxylic acids is 2. The Balaban J connectivity index is 2.84. The fourth-order valence-corrected chi connectivity index (χ4v) is 2.87. The van der Waals surface area contributed by atoms with Crippen LogP contribution in [0.25, 0.3) is 0 Å². The van der Waals surface area contributed by atoms with Crippen molar-refractivity contribution in [3.05, 3.63) is 29.8 Å². The van der Waals surface area contributed by atoms with Crippen molar-refractivity contribution in [1.82, 2.24) is 10.6 Å². The highest BCUT2D eigenvalue weighted by Crippen LogP contribution is 2.12. The molecule has 0 aliphatic heterocycles. The molecule has 0 bridgehead atoms. The predicted octanol–water partition coefficient (Wildman–Crippen LogP) is -0.456. The van der Waals surface area contributed by atoms with Crippen LogP contribution < -0.4 is 16.4 Å². The third-order valence-electron chi connectivity index (χ3n) is 3.97. The Bertz CT molecular complexity index is 727. The van der Waals surface area contributed by atoms with Crippen molar-refractivity contribution >= 4 is 35.5 Å². The fourth-order valence-electron chi connectivity index (χ4n) is 2.38. The Morgan fingerprint density at radius 1 is 1.03 bits per heavy atom. The van der Waals surface area contributed by atoms with Gasteiger partial charge in [-0.25, -0.2) is 4.79 Å². The topological polar surface area (TPSA) is 179 Å². The summed E-state index contributed by atoms with van der Waals surface area (Å²) in [5.41, 5.74) is 6.26. The van der Waals surface area contributed by atoms with Gasteiger partial charge in [-0.15, -0.1) is 0 Å². The molecule has 0 radical (unpaired) electrons. The standard InChI is InChI=1S/C18H25N3O7S/c1-29-7-6-12(19)16(25)20-13(9-15(23)24)17(26)21-14(18(27)28)8-10-2-4-11(22)5-3-10/h2-5,12-14,22H,6-9,19H2,1H3,(H,20,25)(H,21,26)(H,23,24)(H,27,28)/t12-,13-,14-/m0/s1. The van der Waals surface area contributed by atoms with Crippen LogP contribution in [0.2, 0.25) is 0 Å². The Kier molecular flexibility index (Phi) is 9.97. The molecule has 1 aromatic carbocycles. The number of phenolic OH excluding ortho intramolecular Hbond substituents is 1. The second-order valence-electron chi connectivity index (χ2n) is 6.32. The molecular formula is C18H25N3O7S. The zero-order chi connectivity index (χ0) is 22.0. The lowest BCUT2D eigenvalue weighted by molar-refractivity contribution is -0.143. The molecular weight excluding hydrogens is 402 g/mol. The minimum Gasteiger partial charge on any atom is -0.508 e. The zero-order valence-corrected chi connectivity index (χ0v) is 16.6. The van der Waals surface area contributed by atoms with Gasteiger partial charge in [-0.05, 0) is 36.1 Å². The first kappa shape index (κ1) is 24.2. The first-order valence-corrected chi connectivity index (χ1v) is 10.1. The van der Waals surface area contributed by atoms with Gasteiger partial charge in [-0.3, -0.25) is 14.4 Å². The molecule has 2 amide bonds. The van der Waals surface area contributed by atoms with Crippen LogP contribution in [-0.2, 0) is 25.6 Å². The van der Waals surface area contributed by atoms with E-state index in [1.54, 1.807) is 0 Å². The monoisotopic (exact) mass is 427 g/mol. The van der Waals surface area contributed by atoms with Gasteiger partial charge < -0.3 is 31.7 Å². The van der Waals surface area contributed by atoms with E-state index in [0.29, 0.717) is 17.7 Å². The molecule has 0 aliphatic rings. The molecule has 11 heteroatoms. The van der Waals surface area contributed by atoms with Crippen LogP contribution in [0.5, 0.6) is 5.75 Å². The molecule has 0 heterocycles. The van der Waals surface area contributed by atoms with Gasteiger partial charge in [0, 0.05) is 6.42 Å². The number of carbonyl (C=O) groups excluding carboxylic acids is 2. The average molecular weight is 427 g/mol. The predicted molar refractivity (Wildman–Crippen MR) is 107 cm³/mol. The summed E-state index contributed by atoms with van der Waals surface area (Å²) in [7, 11) is 0. The molecule has 0 aliphatic carbocycles. The molecule has 1 aromatic rings. The lowest BCUT2D eigenvalue weighted by atomic mass is 10.0. The van der Waals surface area contributed by atoms with Crippen LogP contribution in [0, 0.1) is 0 Å². The Labute approximate surface area is 171 Å². The number of thioether (sulfide) groups is 1. The van der Waals surface area contributed by atoms with E-state index in [4.69, 9.17) is 10.8 Å². The van der Waals surface area contributed by atoms with Gasteiger partial charge in [0.1, 0.15) is 17.8 Å². The Morgan fingerprint density at radius 2 is 1.62 bits per heavy atom. The quantitative estimate of drug-likeness (QED) is 0.257. The van der Waals surface area contributed by atoms with E-state index >= 15 is 0 Å². The highest BCUT2D eigenvalue weighted by Gasteiger charge is 2.29. The first-order chi connectivity index (χ1) is 13.6. The SMILES string of the molecule is CSCC[C@H](N)C(=O)N[C@@H](CC(=O)O)C(=O)N[C@@H](Cc1ccc(O)cc1)C(=O)O. The van der Waals surface area contributed by atoms with Crippen LogP contribution in [0.15, 0.2) is 24.3 Å². The van der Waals surface area contributed by atoms with E-state index in [0.717, 1.165) is 0 Å². The maximum absolute atomic E-state index is 12.5. The molecule has 0 aromatic heterocycles. The number of rotatable bonds is 12. The number of carboxylic acids is 2. The van der Waals surface area contributed by atoms with Gasteiger partial charge in [-0.2, -0.15) is 11.8 Å². The van der Waals surface area contributed by atoms with Gasteiger partial charge in [0.15, 0.2) is 0 Å². The van der Waals surface area contributed by atoms with Crippen LogP contribution in [0.4, 0.5) is 0 Å². The van der Waals surface area contributed by atoms with E-state index in [-0.39, 0.29) is 12.2 Å². The van der Waals surface area contributed by atoms with Crippen molar-refractivity contribution in [1.29, 1.82) is 0 Å². The Hall–Kier alpha value is -2.79. The lowest BCUT2D eigenvalue weighted by Gasteiger charge is -2.22. The third-order valence-corrected chi connectivity index (χ3v) is 4.62. The highest BCUT2D eigenvalue weighted by molar-refractivity contribution is 7.98. The van der Waals surface area contributed by atoms with Gasteiger partial charge in [0.25, 0.3) is 0 Å². The minimum absolute atomic E-state index is 0.00621. The number of amides is 2. The van der Waals surface area contributed by atoms with Crippen LogP contribution in [0.1, 0.15) is 18.4 Å². The number of aromatic hydroxyl groups is 1. The van der Waals surface area contributed by atoms with Crippen LogP contribution >= 0.6 is 11.8 Å². The van der Waals surface area contributed by atoms with Gasteiger partial charge >= 0.3 is 11.9 Å². The van der Waals surface area contributed by atoms with Crippen LogP contribution in [0.3, 0.4) is 0 Å². The van der Waals surface area contributed by atoms with Crippen molar-refractivity contribution in [2.24, 2.45) is 5.73 Å². The smallest absolute Gasteiger partial charge is 0.326 e. The maximum atomic E-state index is 12.5. The molecule has 10 nitrogen and oxygen atoms in total. The number of hydrogen-bond donors (Lipinski definition) is 6. The van der Waals surface area contributed by atoms with E-state index in [1.165, 1.54) is 36.0 Å². The van der Waals surface area contributed by atoms with Gasteiger partial charge in [-0.1, -0.05) is 12.1 Å². The molecule has 160 valence electrons. The van der Waals surface area contributed by atoms with E-state index < -0.39 is 48.3 Å². The highest BCUT2D eigenvalue weighted by atomic mass is 32.2. The molecule has 1 rings (SSSR count). The van der Waals surface area contributed by atoms with E-state index in [9.17, 15) is 29.4 Å². The fraction of sp³-hybridized carbons (Fsp3) is 0.444. The van der Waals surface area contributed by atoms with Gasteiger partial charge in [0.05, 0.1) is 12.5 Å². The molecule has 29 heavy (non-hydrogen) atoms. The first-order valence-electron chi connectivity index (χ1n) is 8.71. The molecule has 0 saturated carbocycles. The molecule has 0 spiro atoms. The normalized spacial score (nSPS) is 13.7. The molecule has 7 N–H and O–H groups in total. The number of nitrogens with two attached hydrogens (primary N) is 1. The summed E-state index contributed by atoms with van der Waals surface area (Å²) in [5, 5.41) is 32.2. The van der Waals surface area contributed by atoms with Crippen molar-refractivity contribution in [2.45, 2.75) is 37.4 Å². The number of hydrogen-bond acceptors (Lipinski definition) is 7. The van der Waals surface area contributed by atoms with Gasteiger partial charge in [0.2, 0.25) is 11.8 Å². The number of benzene rings is 1. The molecule has 0 unspecified atom stereocenters. The van der Waals surface area contributed by atoms with Crippen LogP contribution in [-0.4, -0.2) is 69.2 Å². The summed E-state index contributed by atoms with van der Waals surface area (Å²) < 4.78 is 0. The summed E-state index contributed by atoms with van der Waals surface area (Å²) in [4.78, 5) is 47.2. The maximum Gasteiger partial charge on any atom is 0.326 e. The second kappa shape index (κ2) is 11.9. The summed E-state index contributed by atoms with van der Waals surface area (Å²) in [5.74, 6) is -3.68. The Morgan fingerprint density at radius 3 is 2.14 bits per heavy atom. The van der Waals surface area contributed by atoms with Crippen molar-refractivity contribution in [3.8, 4) is 5.75 Å². The summed E-state index contributed by atoms with van der Waals surface area (Å²) in [6.45, 7) is 0. The van der Waals surface area contributed by atoms with E-state index in [2.05, 4.69) is 10.6 Å². The minimum atomic E-state index is -1.47. The number of nitrogens with one attached hydrogen (secondary N) is 2. The number of carboxylic acid groups (broad SMARTS) is 2. The summed E-state index contributed by atoms with van der Waals surface area (Å²) in [6.07, 6.45) is 1.36. The lowest BCUT2D eigenvalue weighted by Crippen LogP contribution is -2.55. The second-order valence-corrected chi connectivity index (χ2v) is 7.30. The number of carbonyl (C=O) groups is 4. The van der Waals surface area contributed by atoms with Crippen molar-refractivity contribution < 1.29 is 34.5 Å². The zero-order valence-electron chi connectivity index (χ0n) is 15.8. The largest absolute Gasteiger partial charge is 0.508 e. The summed E-state index contributed by atoms with van der Waals surface area (Å²) >= 11 is 1.48. The average Bonchev–Trinajstić information content (AvgIpc) is 2.65. The number of phenols is 1. The van der Waals surface area contributed by atoms with Crippen molar-refractivity contribution in [2.75, 3.05) is 12.0 Å². The molecule has 3 atom stereocenters. The molecule has 0 saturated heterocycles. The third kappa shape index (κ3) is 8.83. The van der Waals surface area contributed by atoms with Crippen molar-refractivity contribution in [3.63, 3.8) is 0 Å². The van der Waals surface area contributed by atoms with E-state index in [1.807, 2.05) is 6.26 Å².